The Labute approximate surface area is 144 Å². The van der Waals surface area contributed by atoms with E-state index in [0.717, 1.165) is 12.1 Å². The van der Waals surface area contributed by atoms with Gasteiger partial charge in [0.15, 0.2) is 11.6 Å². The number of hydrogen-bond acceptors (Lipinski definition) is 4. The third kappa shape index (κ3) is 4.51. The highest BCUT2D eigenvalue weighted by molar-refractivity contribution is 5.78. The first-order valence-corrected chi connectivity index (χ1v) is 8.06. The lowest BCUT2D eigenvalue weighted by molar-refractivity contribution is -0.128. The van der Waals surface area contributed by atoms with Crippen molar-refractivity contribution >= 4 is 5.91 Å². The van der Waals surface area contributed by atoms with E-state index >= 15 is 0 Å². The monoisotopic (exact) mass is 348 g/mol. The zero-order chi connectivity index (χ0) is 17.6. The zero-order valence-corrected chi connectivity index (χ0v) is 13.5. The van der Waals surface area contributed by atoms with Gasteiger partial charge in [-0.25, -0.2) is 13.8 Å². The molecule has 1 N–H and O–H groups in total. The number of nitrogens with one attached hydrogen (secondary N) is 1. The maximum absolute atomic E-state index is 13.8. The minimum atomic E-state index is -0.817. The first kappa shape index (κ1) is 17.3. The smallest absolute Gasteiger partial charge is 0.224 e. The fourth-order valence-electron chi connectivity index (χ4n) is 2.60. The van der Waals surface area contributed by atoms with Gasteiger partial charge in [0, 0.05) is 43.5 Å². The molecule has 1 aliphatic rings. The molecule has 7 heteroatoms. The van der Waals surface area contributed by atoms with E-state index in [2.05, 4.69) is 10.3 Å². The van der Waals surface area contributed by atoms with E-state index in [1.807, 2.05) is 0 Å². The van der Waals surface area contributed by atoms with Crippen LogP contribution in [0.4, 0.5) is 8.78 Å². The summed E-state index contributed by atoms with van der Waals surface area (Å²) in [4.78, 5) is 16.3. The Morgan fingerprint density at radius 2 is 2.08 bits per heavy atom. The number of nitrogens with zero attached hydrogens (tertiary/aromatic N) is 1. The van der Waals surface area contributed by atoms with Crippen LogP contribution in [0.15, 0.2) is 36.5 Å². The van der Waals surface area contributed by atoms with Crippen molar-refractivity contribution in [3.05, 3.63) is 53.7 Å². The van der Waals surface area contributed by atoms with Crippen molar-refractivity contribution in [1.82, 2.24) is 10.3 Å². The van der Waals surface area contributed by atoms with Crippen LogP contribution in [0.1, 0.15) is 18.4 Å². The third-order valence-corrected chi connectivity index (χ3v) is 4.00. The van der Waals surface area contributed by atoms with E-state index in [-0.39, 0.29) is 30.0 Å². The lowest BCUT2D eigenvalue weighted by Gasteiger charge is -2.21. The number of rotatable bonds is 5. The third-order valence-electron chi connectivity index (χ3n) is 4.00. The van der Waals surface area contributed by atoms with Crippen LogP contribution in [0.5, 0.6) is 11.6 Å². The predicted octanol–water partition coefficient (Wildman–Crippen LogP) is 3.19. The Bertz CT molecular complexity index is 749. The molecule has 0 saturated carbocycles. The SMILES string of the molecule is O=C(NCc1cccnc1Oc1ccc(F)cc1F)C1CCOCC1. The van der Waals surface area contributed by atoms with Gasteiger partial charge in [0.25, 0.3) is 0 Å². The maximum Gasteiger partial charge on any atom is 0.224 e. The molecule has 2 heterocycles. The van der Waals surface area contributed by atoms with Gasteiger partial charge in [-0.3, -0.25) is 4.79 Å². The van der Waals surface area contributed by atoms with Gasteiger partial charge in [0.2, 0.25) is 11.8 Å². The normalized spacial score (nSPS) is 15.0. The van der Waals surface area contributed by atoms with Crippen molar-refractivity contribution < 1.29 is 23.0 Å². The predicted molar refractivity (Wildman–Crippen MR) is 86.1 cm³/mol. The average molecular weight is 348 g/mol. The molecule has 0 bridgehead atoms. The molecule has 1 saturated heterocycles. The van der Waals surface area contributed by atoms with Crippen molar-refractivity contribution in [3.8, 4) is 11.6 Å². The van der Waals surface area contributed by atoms with E-state index in [1.165, 1.54) is 12.3 Å². The molecule has 3 rings (SSSR count). The Morgan fingerprint density at radius 3 is 2.84 bits per heavy atom. The highest BCUT2D eigenvalue weighted by Gasteiger charge is 2.21. The van der Waals surface area contributed by atoms with E-state index in [9.17, 15) is 13.6 Å². The molecular weight excluding hydrogens is 330 g/mol. The van der Waals surface area contributed by atoms with Gasteiger partial charge < -0.3 is 14.8 Å². The molecular formula is C18H18F2N2O3. The fraction of sp³-hybridized carbons (Fsp3) is 0.333. The lowest BCUT2D eigenvalue weighted by atomic mass is 9.99. The summed E-state index contributed by atoms with van der Waals surface area (Å²) < 4.78 is 37.4. The average Bonchev–Trinajstić information content (AvgIpc) is 2.63. The molecule has 2 aromatic rings. The molecule has 0 atom stereocenters. The van der Waals surface area contributed by atoms with Crippen molar-refractivity contribution in [2.24, 2.45) is 5.92 Å². The van der Waals surface area contributed by atoms with Gasteiger partial charge >= 0.3 is 0 Å². The second-order valence-corrected chi connectivity index (χ2v) is 5.75. The van der Waals surface area contributed by atoms with Crippen molar-refractivity contribution in [3.63, 3.8) is 0 Å². The standard InChI is InChI=1S/C18H18F2N2O3/c19-14-3-4-16(15(20)10-14)25-18-13(2-1-7-21-18)11-22-17(23)12-5-8-24-9-6-12/h1-4,7,10,12H,5-6,8-9,11H2,(H,22,23). The van der Waals surface area contributed by atoms with Crippen molar-refractivity contribution in [2.45, 2.75) is 19.4 Å². The summed E-state index contributed by atoms with van der Waals surface area (Å²) in [5.74, 6) is -1.58. The fourth-order valence-corrected chi connectivity index (χ4v) is 2.60. The molecule has 0 spiro atoms. The number of carbonyl (C=O) groups excluding carboxylic acids is 1. The van der Waals surface area contributed by atoms with E-state index in [1.54, 1.807) is 12.1 Å². The molecule has 1 aromatic carbocycles. The summed E-state index contributed by atoms with van der Waals surface area (Å²) in [6.45, 7) is 1.38. The summed E-state index contributed by atoms with van der Waals surface area (Å²) in [6.07, 6.45) is 2.90. The van der Waals surface area contributed by atoms with Gasteiger partial charge in [0.1, 0.15) is 5.82 Å². The number of halogens is 2. The Balaban J connectivity index is 1.67. The summed E-state index contributed by atoms with van der Waals surface area (Å²) in [5, 5.41) is 2.85. The van der Waals surface area contributed by atoms with E-state index in [0.29, 0.717) is 31.6 Å². The van der Waals surface area contributed by atoms with Crippen LogP contribution in [-0.4, -0.2) is 24.1 Å². The van der Waals surface area contributed by atoms with Gasteiger partial charge in [-0.15, -0.1) is 0 Å². The molecule has 25 heavy (non-hydrogen) atoms. The van der Waals surface area contributed by atoms with Gasteiger partial charge in [-0.05, 0) is 31.0 Å². The Morgan fingerprint density at radius 1 is 1.28 bits per heavy atom. The minimum absolute atomic E-state index is 0.0499. The second kappa shape index (κ2) is 8.02. The van der Waals surface area contributed by atoms with Gasteiger partial charge in [-0.2, -0.15) is 0 Å². The summed E-state index contributed by atoms with van der Waals surface area (Å²) in [7, 11) is 0. The number of amides is 1. The van der Waals surface area contributed by atoms with Crippen LogP contribution in [0.3, 0.4) is 0 Å². The molecule has 0 unspecified atom stereocenters. The Hall–Kier alpha value is -2.54. The van der Waals surface area contributed by atoms with Crippen LogP contribution in [0, 0.1) is 17.6 Å². The van der Waals surface area contributed by atoms with Crippen LogP contribution in [0.25, 0.3) is 0 Å². The highest BCUT2D eigenvalue weighted by Crippen LogP contribution is 2.26. The molecule has 5 nitrogen and oxygen atoms in total. The van der Waals surface area contributed by atoms with Crippen LogP contribution in [-0.2, 0) is 16.1 Å². The van der Waals surface area contributed by atoms with Gasteiger partial charge in [0.05, 0.1) is 0 Å². The van der Waals surface area contributed by atoms with Crippen LogP contribution < -0.4 is 10.1 Å². The number of benzene rings is 1. The number of aromatic nitrogens is 1. The number of hydrogen-bond donors (Lipinski definition) is 1. The summed E-state index contributed by atoms with van der Waals surface area (Å²) in [6, 6.07) is 6.47. The first-order chi connectivity index (χ1) is 12.1. The summed E-state index contributed by atoms with van der Waals surface area (Å²) in [5.41, 5.74) is 0.603. The van der Waals surface area contributed by atoms with Crippen LogP contribution in [0.2, 0.25) is 0 Å². The molecule has 0 radical (unpaired) electrons. The topological polar surface area (TPSA) is 60.5 Å². The molecule has 1 aromatic heterocycles. The van der Waals surface area contributed by atoms with E-state index < -0.39 is 11.6 Å². The van der Waals surface area contributed by atoms with Crippen molar-refractivity contribution in [1.29, 1.82) is 0 Å². The lowest BCUT2D eigenvalue weighted by Crippen LogP contribution is -2.33. The molecule has 132 valence electrons. The van der Waals surface area contributed by atoms with E-state index in [4.69, 9.17) is 9.47 Å². The Kier molecular flexibility index (Phi) is 5.55. The number of carbonyl (C=O) groups is 1. The highest BCUT2D eigenvalue weighted by atomic mass is 19.1. The zero-order valence-electron chi connectivity index (χ0n) is 13.5. The van der Waals surface area contributed by atoms with Gasteiger partial charge in [-0.1, -0.05) is 6.07 Å². The number of pyridine rings is 1. The molecule has 0 aliphatic carbocycles. The quantitative estimate of drug-likeness (QED) is 0.901. The van der Waals surface area contributed by atoms with Crippen molar-refractivity contribution in [2.75, 3.05) is 13.2 Å². The minimum Gasteiger partial charge on any atom is -0.436 e. The molecule has 1 fully saturated rings. The number of ether oxygens (including phenoxy) is 2. The molecule has 1 amide bonds. The first-order valence-electron chi connectivity index (χ1n) is 8.06. The second-order valence-electron chi connectivity index (χ2n) is 5.75. The molecule has 1 aliphatic heterocycles. The summed E-state index contributed by atoms with van der Waals surface area (Å²) >= 11 is 0. The maximum atomic E-state index is 13.8. The largest absolute Gasteiger partial charge is 0.436 e. The van der Waals surface area contributed by atoms with Crippen LogP contribution >= 0.6 is 0 Å².